The van der Waals surface area contributed by atoms with Crippen LogP contribution < -0.4 is 5.73 Å². The van der Waals surface area contributed by atoms with Crippen LogP contribution in [0, 0.1) is 5.41 Å². The molecule has 1 aliphatic heterocycles. The summed E-state index contributed by atoms with van der Waals surface area (Å²) in [5.41, 5.74) is 6.05. The van der Waals surface area contributed by atoms with Crippen LogP contribution >= 0.6 is 23.2 Å². The number of benzene rings is 1. The average Bonchev–Trinajstić information content (AvgIpc) is 2.45. The largest absolute Gasteiger partial charge is 0.396 e. The maximum atomic E-state index is 12.7. The van der Waals surface area contributed by atoms with E-state index in [-0.39, 0.29) is 26.0 Å². The van der Waals surface area contributed by atoms with Crippen molar-refractivity contribution in [2.24, 2.45) is 5.41 Å². The molecule has 1 heterocycles. The second-order valence-electron chi connectivity index (χ2n) is 5.84. The third kappa shape index (κ3) is 3.16. The molecule has 2 rings (SSSR count). The van der Waals surface area contributed by atoms with Crippen molar-refractivity contribution >= 4 is 38.9 Å². The molecular weight excluding hydrogens is 331 g/mol. The lowest BCUT2D eigenvalue weighted by Gasteiger charge is -2.38. The van der Waals surface area contributed by atoms with E-state index in [2.05, 4.69) is 13.8 Å². The average molecular weight is 351 g/mol. The van der Waals surface area contributed by atoms with Gasteiger partial charge in [-0.05, 0) is 30.4 Å². The molecule has 4 nitrogen and oxygen atoms in total. The van der Waals surface area contributed by atoms with Crippen molar-refractivity contribution in [2.45, 2.75) is 38.0 Å². The standard InChI is InChI=1S/C14H20Cl2N2O2S/c1-3-14(2)6-8-18(9-7-14)21(19,20)11-5-4-10(15)13(17)12(11)16/h4-5H,3,6-9,17H2,1-2H3. The molecule has 2 N–H and O–H groups in total. The fourth-order valence-corrected chi connectivity index (χ4v) is 4.69. The first-order chi connectivity index (χ1) is 9.71. The highest BCUT2D eigenvalue weighted by molar-refractivity contribution is 7.89. The van der Waals surface area contributed by atoms with Crippen LogP contribution in [0.15, 0.2) is 17.0 Å². The first-order valence-electron chi connectivity index (χ1n) is 6.95. The zero-order valence-electron chi connectivity index (χ0n) is 12.2. The number of anilines is 1. The van der Waals surface area contributed by atoms with Crippen molar-refractivity contribution < 1.29 is 8.42 Å². The van der Waals surface area contributed by atoms with Crippen LogP contribution in [0.25, 0.3) is 0 Å². The van der Waals surface area contributed by atoms with Crippen molar-refractivity contribution in [1.29, 1.82) is 0 Å². The second kappa shape index (κ2) is 5.95. The molecule has 1 fully saturated rings. The normalized spacial score (nSPS) is 19.6. The van der Waals surface area contributed by atoms with Crippen molar-refractivity contribution in [1.82, 2.24) is 4.31 Å². The Morgan fingerprint density at radius 1 is 1.29 bits per heavy atom. The molecule has 21 heavy (non-hydrogen) atoms. The van der Waals surface area contributed by atoms with Gasteiger partial charge in [0.2, 0.25) is 10.0 Å². The molecule has 0 spiro atoms. The van der Waals surface area contributed by atoms with E-state index in [1.54, 1.807) is 0 Å². The topological polar surface area (TPSA) is 63.4 Å². The Bertz CT molecular complexity index is 639. The Morgan fingerprint density at radius 2 is 1.86 bits per heavy atom. The van der Waals surface area contributed by atoms with Crippen LogP contribution in [-0.2, 0) is 10.0 Å². The summed E-state index contributed by atoms with van der Waals surface area (Å²) in [5.74, 6) is 0. The van der Waals surface area contributed by atoms with Gasteiger partial charge in [0.1, 0.15) is 4.90 Å². The Balaban J connectivity index is 2.30. The van der Waals surface area contributed by atoms with Gasteiger partial charge in [0, 0.05) is 13.1 Å². The van der Waals surface area contributed by atoms with Gasteiger partial charge in [-0.1, -0.05) is 43.5 Å². The maximum Gasteiger partial charge on any atom is 0.244 e. The van der Waals surface area contributed by atoms with E-state index < -0.39 is 10.0 Å². The van der Waals surface area contributed by atoms with Crippen molar-refractivity contribution in [3.8, 4) is 0 Å². The maximum absolute atomic E-state index is 12.7. The van der Waals surface area contributed by atoms with E-state index in [0.717, 1.165) is 19.3 Å². The summed E-state index contributed by atoms with van der Waals surface area (Å²) >= 11 is 11.9. The van der Waals surface area contributed by atoms with Gasteiger partial charge in [0.05, 0.1) is 15.7 Å². The Hall–Kier alpha value is -0.490. The molecule has 0 saturated carbocycles. The Labute approximate surface area is 136 Å². The second-order valence-corrected chi connectivity index (χ2v) is 8.53. The lowest BCUT2D eigenvalue weighted by Crippen LogP contribution is -2.41. The number of halogens is 2. The Morgan fingerprint density at radius 3 is 2.38 bits per heavy atom. The minimum Gasteiger partial charge on any atom is -0.396 e. The molecule has 0 aromatic heterocycles. The summed E-state index contributed by atoms with van der Waals surface area (Å²) in [5, 5.41) is 0.266. The summed E-state index contributed by atoms with van der Waals surface area (Å²) in [6, 6.07) is 2.89. The number of nitrogens with zero attached hydrogens (tertiary/aromatic N) is 1. The predicted octanol–water partition coefficient (Wildman–Crippen LogP) is 3.78. The minimum absolute atomic E-state index is 0.00586. The van der Waals surface area contributed by atoms with Crippen LogP contribution in [0.2, 0.25) is 10.0 Å². The summed E-state index contributed by atoms with van der Waals surface area (Å²) in [7, 11) is -3.63. The van der Waals surface area contributed by atoms with Gasteiger partial charge in [0.25, 0.3) is 0 Å². The molecule has 0 amide bonds. The zero-order valence-corrected chi connectivity index (χ0v) is 14.5. The molecule has 0 atom stereocenters. The fourth-order valence-electron chi connectivity index (χ4n) is 2.51. The number of hydrogen-bond acceptors (Lipinski definition) is 3. The molecule has 0 aliphatic carbocycles. The van der Waals surface area contributed by atoms with Crippen molar-refractivity contribution in [3.05, 3.63) is 22.2 Å². The SMILES string of the molecule is CCC1(C)CCN(S(=O)(=O)c2ccc(Cl)c(N)c2Cl)CC1. The highest BCUT2D eigenvalue weighted by atomic mass is 35.5. The van der Waals surface area contributed by atoms with Crippen LogP contribution in [0.5, 0.6) is 0 Å². The number of nitrogens with two attached hydrogens (primary N) is 1. The van der Waals surface area contributed by atoms with E-state index in [4.69, 9.17) is 28.9 Å². The molecular formula is C14H20Cl2N2O2S. The van der Waals surface area contributed by atoms with E-state index in [1.807, 2.05) is 0 Å². The van der Waals surface area contributed by atoms with Gasteiger partial charge >= 0.3 is 0 Å². The van der Waals surface area contributed by atoms with Gasteiger partial charge in [-0.3, -0.25) is 0 Å². The van der Waals surface area contributed by atoms with Crippen molar-refractivity contribution in [3.63, 3.8) is 0 Å². The molecule has 7 heteroatoms. The lowest BCUT2D eigenvalue weighted by atomic mass is 9.79. The van der Waals surface area contributed by atoms with Gasteiger partial charge in [-0.25, -0.2) is 8.42 Å². The van der Waals surface area contributed by atoms with Crippen LogP contribution in [-0.4, -0.2) is 25.8 Å². The molecule has 0 bridgehead atoms. The molecule has 1 aromatic rings. The minimum atomic E-state index is -3.63. The first kappa shape index (κ1) is 16.9. The zero-order chi connectivity index (χ0) is 15.8. The first-order valence-corrected chi connectivity index (χ1v) is 9.14. The summed E-state index contributed by atoms with van der Waals surface area (Å²) in [6.07, 6.45) is 2.75. The molecule has 0 radical (unpaired) electrons. The smallest absolute Gasteiger partial charge is 0.244 e. The third-order valence-corrected chi connectivity index (χ3v) is 7.28. The molecule has 0 unspecified atom stereocenters. The van der Waals surface area contributed by atoms with Crippen LogP contribution in [0.1, 0.15) is 33.1 Å². The van der Waals surface area contributed by atoms with Crippen LogP contribution in [0.4, 0.5) is 5.69 Å². The third-order valence-electron chi connectivity index (χ3n) is 4.49. The highest BCUT2D eigenvalue weighted by Crippen LogP contribution is 2.38. The summed E-state index contributed by atoms with van der Waals surface area (Å²) < 4.78 is 26.9. The quantitative estimate of drug-likeness (QED) is 0.843. The van der Waals surface area contributed by atoms with Gasteiger partial charge in [-0.15, -0.1) is 0 Å². The Kier molecular flexibility index (Phi) is 4.78. The predicted molar refractivity (Wildman–Crippen MR) is 87.3 cm³/mol. The number of rotatable bonds is 3. The summed E-state index contributed by atoms with van der Waals surface area (Å²) in [6.45, 7) is 5.35. The van der Waals surface area contributed by atoms with Gasteiger partial charge in [0.15, 0.2) is 0 Å². The number of nitrogen functional groups attached to an aromatic ring is 1. The molecule has 1 saturated heterocycles. The molecule has 1 aromatic carbocycles. The van der Waals surface area contributed by atoms with Gasteiger partial charge in [-0.2, -0.15) is 4.31 Å². The number of piperidine rings is 1. The monoisotopic (exact) mass is 350 g/mol. The van der Waals surface area contributed by atoms with E-state index >= 15 is 0 Å². The van der Waals surface area contributed by atoms with E-state index in [9.17, 15) is 8.42 Å². The number of sulfonamides is 1. The molecule has 118 valence electrons. The lowest BCUT2D eigenvalue weighted by molar-refractivity contribution is 0.169. The summed E-state index contributed by atoms with van der Waals surface area (Å²) in [4.78, 5) is 0.0335. The number of hydrogen-bond donors (Lipinski definition) is 1. The van der Waals surface area contributed by atoms with Crippen LogP contribution in [0.3, 0.4) is 0 Å². The van der Waals surface area contributed by atoms with Crippen molar-refractivity contribution in [2.75, 3.05) is 18.8 Å². The van der Waals surface area contributed by atoms with E-state index in [1.165, 1.54) is 16.4 Å². The highest BCUT2D eigenvalue weighted by Gasteiger charge is 2.35. The molecule has 1 aliphatic rings. The van der Waals surface area contributed by atoms with Gasteiger partial charge < -0.3 is 5.73 Å². The fraction of sp³-hybridized carbons (Fsp3) is 0.571. The van der Waals surface area contributed by atoms with E-state index in [0.29, 0.717) is 13.1 Å².